The lowest BCUT2D eigenvalue weighted by Gasteiger charge is -2.41. The summed E-state index contributed by atoms with van der Waals surface area (Å²) in [6.45, 7) is 0.0110. The van der Waals surface area contributed by atoms with E-state index < -0.39 is 5.54 Å². The standard InChI is InChI=1S/C17H24N2O3/c1-22-14-7-5-13(6-8-14)15(12-3-4-12)18-16(21)19-17(11-20)9-2-10-17/h5-8,12,15,20H,2-4,9-11H2,1H3,(H2,18,19,21). The van der Waals surface area contributed by atoms with Crippen LogP contribution < -0.4 is 15.4 Å². The van der Waals surface area contributed by atoms with E-state index in [9.17, 15) is 9.90 Å². The normalized spacial score (nSPS) is 20.6. The molecule has 2 saturated carbocycles. The van der Waals surface area contributed by atoms with Gasteiger partial charge in [-0.2, -0.15) is 0 Å². The number of urea groups is 1. The summed E-state index contributed by atoms with van der Waals surface area (Å²) in [5.41, 5.74) is 0.697. The van der Waals surface area contributed by atoms with Crippen molar-refractivity contribution in [1.82, 2.24) is 10.6 Å². The van der Waals surface area contributed by atoms with Gasteiger partial charge in [0.25, 0.3) is 0 Å². The molecule has 0 aliphatic heterocycles. The summed E-state index contributed by atoms with van der Waals surface area (Å²) in [6.07, 6.45) is 5.05. The van der Waals surface area contributed by atoms with E-state index in [2.05, 4.69) is 10.6 Å². The molecule has 0 bridgehead atoms. The molecule has 0 radical (unpaired) electrons. The van der Waals surface area contributed by atoms with Gasteiger partial charge in [0.15, 0.2) is 0 Å². The zero-order chi connectivity index (χ0) is 15.6. The highest BCUT2D eigenvalue weighted by molar-refractivity contribution is 5.75. The Kier molecular flexibility index (Phi) is 4.25. The first kappa shape index (κ1) is 15.2. The van der Waals surface area contributed by atoms with Crippen LogP contribution in [0.5, 0.6) is 5.75 Å². The number of benzene rings is 1. The van der Waals surface area contributed by atoms with Gasteiger partial charge in [-0.3, -0.25) is 0 Å². The third-order valence-corrected chi connectivity index (χ3v) is 4.85. The summed E-state index contributed by atoms with van der Waals surface area (Å²) < 4.78 is 5.18. The van der Waals surface area contributed by atoms with E-state index in [4.69, 9.17) is 4.74 Å². The van der Waals surface area contributed by atoms with Crippen molar-refractivity contribution < 1.29 is 14.6 Å². The zero-order valence-electron chi connectivity index (χ0n) is 13.0. The van der Waals surface area contributed by atoms with E-state index in [0.29, 0.717) is 5.92 Å². The van der Waals surface area contributed by atoms with Gasteiger partial charge in [0.1, 0.15) is 5.75 Å². The van der Waals surface area contributed by atoms with Gasteiger partial charge in [-0.25, -0.2) is 4.79 Å². The van der Waals surface area contributed by atoms with E-state index in [1.165, 1.54) is 0 Å². The second-order valence-corrected chi connectivity index (χ2v) is 6.48. The van der Waals surface area contributed by atoms with Gasteiger partial charge in [-0.15, -0.1) is 0 Å². The Morgan fingerprint density at radius 2 is 2.05 bits per heavy atom. The molecule has 3 N–H and O–H groups in total. The molecule has 2 fully saturated rings. The molecule has 1 aromatic rings. The van der Waals surface area contributed by atoms with Gasteiger partial charge in [0.05, 0.1) is 25.3 Å². The SMILES string of the molecule is COc1ccc(C(NC(=O)NC2(CO)CCC2)C2CC2)cc1. The van der Waals surface area contributed by atoms with Crippen LogP contribution >= 0.6 is 0 Å². The molecule has 1 unspecified atom stereocenters. The largest absolute Gasteiger partial charge is 0.497 e. The second kappa shape index (κ2) is 6.16. The number of rotatable bonds is 6. The molecule has 5 heteroatoms. The number of carbonyl (C=O) groups is 1. The van der Waals surface area contributed by atoms with Crippen LogP contribution in [0.25, 0.3) is 0 Å². The molecule has 2 aliphatic rings. The maximum absolute atomic E-state index is 12.3. The summed E-state index contributed by atoms with van der Waals surface area (Å²) in [7, 11) is 1.64. The Labute approximate surface area is 131 Å². The molecular weight excluding hydrogens is 280 g/mol. The Hall–Kier alpha value is -1.75. The number of nitrogens with one attached hydrogen (secondary N) is 2. The number of amides is 2. The molecule has 120 valence electrons. The molecule has 1 atom stereocenters. The minimum Gasteiger partial charge on any atom is -0.497 e. The van der Waals surface area contributed by atoms with Crippen molar-refractivity contribution >= 4 is 6.03 Å². The van der Waals surface area contributed by atoms with Crippen molar-refractivity contribution in [3.8, 4) is 5.75 Å². The van der Waals surface area contributed by atoms with Crippen molar-refractivity contribution in [3.05, 3.63) is 29.8 Å². The maximum atomic E-state index is 12.3. The molecule has 22 heavy (non-hydrogen) atoms. The van der Waals surface area contributed by atoms with E-state index in [0.717, 1.165) is 43.4 Å². The van der Waals surface area contributed by atoms with Crippen LogP contribution in [0.1, 0.15) is 43.7 Å². The summed E-state index contributed by atoms with van der Waals surface area (Å²) in [6, 6.07) is 7.71. The molecule has 2 amide bonds. The van der Waals surface area contributed by atoms with Crippen molar-refractivity contribution in [2.24, 2.45) is 5.92 Å². The minimum absolute atomic E-state index is 0.0110. The van der Waals surface area contributed by atoms with Crippen molar-refractivity contribution in [1.29, 1.82) is 0 Å². The van der Waals surface area contributed by atoms with Crippen LogP contribution in [-0.2, 0) is 0 Å². The fourth-order valence-electron chi connectivity index (χ4n) is 3.06. The van der Waals surface area contributed by atoms with E-state index >= 15 is 0 Å². The summed E-state index contributed by atoms with van der Waals surface area (Å²) >= 11 is 0. The highest BCUT2D eigenvalue weighted by Gasteiger charge is 2.39. The molecule has 0 spiro atoms. The predicted octanol–water partition coefficient (Wildman–Crippen LogP) is 2.36. The number of ether oxygens (including phenoxy) is 1. The lowest BCUT2D eigenvalue weighted by molar-refractivity contribution is 0.0950. The maximum Gasteiger partial charge on any atom is 0.315 e. The number of aliphatic hydroxyl groups excluding tert-OH is 1. The Bertz CT molecular complexity index is 516. The second-order valence-electron chi connectivity index (χ2n) is 6.48. The monoisotopic (exact) mass is 304 g/mol. The lowest BCUT2D eigenvalue weighted by Crippen LogP contribution is -2.59. The van der Waals surface area contributed by atoms with Crippen LogP contribution in [0.15, 0.2) is 24.3 Å². The minimum atomic E-state index is -0.405. The molecule has 0 aromatic heterocycles. The number of aliphatic hydroxyl groups is 1. The first-order chi connectivity index (χ1) is 10.7. The van der Waals surface area contributed by atoms with Gasteiger partial charge >= 0.3 is 6.03 Å². The van der Waals surface area contributed by atoms with Crippen LogP contribution in [0, 0.1) is 5.92 Å². The first-order valence-electron chi connectivity index (χ1n) is 7.99. The van der Waals surface area contributed by atoms with E-state index in [-0.39, 0.29) is 18.7 Å². The summed E-state index contributed by atoms with van der Waals surface area (Å²) in [5.74, 6) is 1.32. The molecule has 2 aliphatic carbocycles. The zero-order valence-corrected chi connectivity index (χ0v) is 13.0. The topological polar surface area (TPSA) is 70.6 Å². The molecule has 5 nitrogen and oxygen atoms in total. The molecule has 3 rings (SSSR count). The lowest BCUT2D eigenvalue weighted by atomic mass is 9.77. The fraction of sp³-hybridized carbons (Fsp3) is 0.588. The fourth-order valence-corrected chi connectivity index (χ4v) is 3.06. The molecule has 1 aromatic carbocycles. The highest BCUT2D eigenvalue weighted by atomic mass is 16.5. The van der Waals surface area contributed by atoms with Gasteiger partial charge in [-0.05, 0) is 55.7 Å². The smallest absolute Gasteiger partial charge is 0.315 e. The van der Waals surface area contributed by atoms with Crippen LogP contribution in [0.4, 0.5) is 4.79 Å². The quantitative estimate of drug-likeness (QED) is 0.755. The highest BCUT2D eigenvalue weighted by Crippen LogP contribution is 2.41. The average molecular weight is 304 g/mol. The summed E-state index contributed by atoms with van der Waals surface area (Å²) in [4.78, 5) is 12.3. The summed E-state index contributed by atoms with van der Waals surface area (Å²) in [5, 5.41) is 15.5. The van der Waals surface area contributed by atoms with Gasteiger partial charge < -0.3 is 20.5 Å². The average Bonchev–Trinajstić information content (AvgIpc) is 3.33. The number of methoxy groups -OCH3 is 1. The molecule has 0 saturated heterocycles. The van der Waals surface area contributed by atoms with Gasteiger partial charge in [0.2, 0.25) is 0 Å². The Morgan fingerprint density at radius 1 is 1.36 bits per heavy atom. The van der Waals surface area contributed by atoms with Gasteiger partial charge in [-0.1, -0.05) is 12.1 Å². The first-order valence-corrected chi connectivity index (χ1v) is 7.99. The Morgan fingerprint density at radius 3 is 2.50 bits per heavy atom. The van der Waals surface area contributed by atoms with Gasteiger partial charge in [0, 0.05) is 0 Å². The van der Waals surface area contributed by atoms with Crippen molar-refractivity contribution in [2.75, 3.05) is 13.7 Å². The van der Waals surface area contributed by atoms with Crippen LogP contribution in [0.3, 0.4) is 0 Å². The van der Waals surface area contributed by atoms with Crippen molar-refractivity contribution in [3.63, 3.8) is 0 Å². The van der Waals surface area contributed by atoms with Crippen LogP contribution in [0.2, 0.25) is 0 Å². The number of carbonyl (C=O) groups excluding carboxylic acids is 1. The van der Waals surface area contributed by atoms with Crippen molar-refractivity contribution in [2.45, 2.75) is 43.7 Å². The predicted molar refractivity (Wildman–Crippen MR) is 83.8 cm³/mol. The number of hydrogen-bond donors (Lipinski definition) is 3. The number of hydrogen-bond acceptors (Lipinski definition) is 3. The third-order valence-electron chi connectivity index (χ3n) is 4.85. The van der Waals surface area contributed by atoms with Crippen LogP contribution in [-0.4, -0.2) is 30.4 Å². The molecule has 0 heterocycles. The van der Waals surface area contributed by atoms with E-state index in [1.807, 2.05) is 24.3 Å². The van der Waals surface area contributed by atoms with E-state index in [1.54, 1.807) is 7.11 Å². The molecular formula is C17H24N2O3. The third kappa shape index (κ3) is 3.19. The Balaban J connectivity index is 1.65.